The number of carbonyl (C=O) groups is 1. The molecule has 0 saturated heterocycles. The van der Waals surface area contributed by atoms with Gasteiger partial charge in [-0.25, -0.2) is 13.2 Å². The van der Waals surface area contributed by atoms with Gasteiger partial charge in [0, 0.05) is 11.8 Å². The lowest BCUT2D eigenvalue weighted by atomic mass is 10.1. The largest absolute Gasteiger partial charge is 0.478 e. The van der Waals surface area contributed by atoms with E-state index in [1.807, 2.05) is 0 Å². The summed E-state index contributed by atoms with van der Waals surface area (Å²) in [5, 5.41) is 8.97. The van der Waals surface area contributed by atoms with Crippen molar-refractivity contribution in [3.63, 3.8) is 0 Å². The molecule has 5 nitrogen and oxygen atoms in total. The third-order valence-electron chi connectivity index (χ3n) is 2.39. The van der Waals surface area contributed by atoms with Crippen LogP contribution in [0.5, 0.6) is 0 Å². The molecule has 0 radical (unpaired) electrons. The van der Waals surface area contributed by atoms with Gasteiger partial charge >= 0.3 is 5.97 Å². The van der Waals surface area contributed by atoms with Crippen molar-refractivity contribution in [3.8, 4) is 11.3 Å². The fourth-order valence-electron chi connectivity index (χ4n) is 1.52. The molecule has 0 aliphatic rings. The van der Waals surface area contributed by atoms with Gasteiger partial charge in [-0.3, -0.25) is 0 Å². The van der Waals surface area contributed by atoms with Gasteiger partial charge in [-0.05, 0) is 30.3 Å². The van der Waals surface area contributed by atoms with Crippen LogP contribution in [0.3, 0.4) is 0 Å². The Labute approximate surface area is 104 Å². The van der Waals surface area contributed by atoms with E-state index in [-0.39, 0.29) is 10.5 Å². The van der Waals surface area contributed by atoms with E-state index in [1.165, 1.54) is 18.4 Å². The SMILES string of the molecule is CS(=O)(=O)c1cc(C(=O)O)cc(-c2ccco2)c1. The highest BCUT2D eigenvalue weighted by Gasteiger charge is 2.15. The van der Waals surface area contributed by atoms with Crippen molar-refractivity contribution in [1.29, 1.82) is 0 Å². The zero-order valence-corrected chi connectivity index (χ0v) is 10.3. The van der Waals surface area contributed by atoms with Crippen LogP contribution in [0.1, 0.15) is 10.4 Å². The molecule has 0 spiro atoms. The van der Waals surface area contributed by atoms with E-state index in [0.717, 1.165) is 12.3 Å². The first-order valence-corrected chi connectivity index (χ1v) is 6.89. The zero-order valence-electron chi connectivity index (χ0n) is 9.45. The minimum absolute atomic E-state index is 0.0474. The van der Waals surface area contributed by atoms with Crippen molar-refractivity contribution in [1.82, 2.24) is 0 Å². The van der Waals surface area contributed by atoms with Gasteiger partial charge in [0.1, 0.15) is 5.76 Å². The second-order valence-electron chi connectivity index (χ2n) is 3.80. The number of benzene rings is 1. The zero-order chi connectivity index (χ0) is 13.3. The van der Waals surface area contributed by atoms with Crippen LogP contribution in [0.25, 0.3) is 11.3 Å². The molecule has 0 atom stereocenters. The number of hydrogen-bond donors (Lipinski definition) is 1. The Bertz CT molecular complexity index is 683. The van der Waals surface area contributed by atoms with Crippen molar-refractivity contribution in [2.75, 3.05) is 6.26 Å². The summed E-state index contributed by atoms with van der Waals surface area (Å²) in [4.78, 5) is 10.9. The molecular weight excluding hydrogens is 256 g/mol. The van der Waals surface area contributed by atoms with E-state index >= 15 is 0 Å². The molecule has 2 rings (SSSR count). The topological polar surface area (TPSA) is 84.6 Å². The Morgan fingerprint density at radius 3 is 2.50 bits per heavy atom. The van der Waals surface area contributed by atoms with Gasteiger partial charge in [0.15, 0.2) is 9.84 Å². The Hall–Kier alpha value is -2.08. The van der Waals surface area contributed by atoms with Crippen LogP contribution in [0.2, 0.25) is 0 Å². The van der Waals surface area contributed by atoms with E-state index in [0.29, 0.717) is 11.3 Å². The molecule has 0 aliphatic heterocycles. The van der Waals surface area contributed by atoms with E-state index in [4.69, 9.17) is 9.52 Å². The predicted octanol–water partition coefficient (Wildman–Crippen LogP) is 2.05. The van der Waals surface area contributed by atoms with Crippen LogP contribution >= 0.6 is 0 Å². The molecule has 0 fully saturated rings. The normalized spacial score (nSPS) is 11.4. The summed E-state index contributed by atoms with van der Waals surface area (Å²) < 4.78 is 28.1. The van der Waals surface area contributed by atoms with E-state index in [9.17, 15) is 13.2 Å². The van der Waals surface area contributed by atoms with Crippen molar-refractivity contribution < 1.29 is 22.7 Å². The fraction of sp³-hybridized carbons (Fsp3) is 0.0833. The molecule has 2 aromatic rings. The highest BCUT2D eigenvalue weighted by atomic mass is 32.2. The number of furan rings is 1. The average molecular weight is 266 g/mol. The molecule has 94 valence electrons. The summed E-state index contributed by atoms with van der Waals surface area (Å²) in [7, 11) is -3.48. The average Bonchev–Trinajstić information content (AvgIpc) is 2.80. The number of rotatable bonds is 3. The molecule has 0 saturated carbocycles. The maximum atomic E-state index is 11.5. The standard InChI is InChI=1S/C12H10O5S/c1-18(15,16)10-6-8(11-3-2-4-17-11)5-9(7-10)12(13)14/h2-7H,1H3,(H,13,14). The molecule has 18 heavy (non-hydrogen) atoms. The quantitative estimate of drug-likeness (QED) is 0.919. The summed E-state index contributed by atoms with van der Waals surface area (Å²) in [5.41, 5.74) is 0.324. The number of hydrogen-bond acceptors (Lipinski definition) is 4. The second-order valence-corrected chi connectivity index (χ2v) is 5.82. The molecule has 6 heteroatoms. The molecule has 1 N–H and O–H groups in total. The number of carboxylic acid groups (broad SMARTS) is 1. The summed E-state index contributed by atoms with van der Waals surface area (Å²) in [6, 6.07) is 7.16. The summed E-state index contributed by atoms with van der Waals surface area (Å²) >= 11 is 0. The monoisotopic (exact) mass is 266 g/mol. The van der Waals surface area contributed by atoms with Crippen molar-refractivity contribution in [2.24, 2.45) is 0 Å². The van der Waals surface area contributed by atoms with Gasteiger partial charge in [0.25, 0.3) is 0 Å². The Morgan fingerprint density at radius 2 is 2.00 bits per heavy atom. The highest BCUT2D eigenvalue weighted by molar-refractivity contribution is 7.90. The number of sulfone groups is 1. The van der Waals surface area contributed by atoms with Crippen molar-refractivity contribution in [2.45, 2.75) is 4.90 Å². The van der Waals surface area contributed by atoms with Gasteiger partial charge in [-0.1, -0.05) is 0 Å². The van der Waals surface area contributed by atoms with E-state index in [2.05, 4.69) is 0 Å². The lowest BCUT2D eigenvalue weighted by Crippen LogP contribution is -2.02. The van der Waals surface area contributed by atoms with Crippen LogP contribution in [0.4, 0.5) is 0 Å². The number of aromatic carboxylic acids is 1. The molecule has 1 aromatic carbocycles. The fourth-order valence-corrected chi connectivity index (χ4v) is 2.20. The summed E-state index contributed by atoms with van der Waals surface area (Å²) in [6.07, 6.45) is 2.46. The molecule has 0 bridgehead atoms. The third-order valence-corrected chi connectivity index (χ3v) is 3.48. The van der Waals surface area contributed by atoms with E-state index < -0.39 is 15.8 Å². The Balaban J connectivity index is 2.68. The molecular formula is C12H10O5S. The minimum Gasteiger partial charge on any atom is -0.478 e. The lowest BCUT2D eigenvalue weighted by Gasteiger charge is -2.04. The smallest absolute Gasteiger partial charge is 0.335 e. The first kappa shape index (κ1) is 12.4. The predicted molar refractivity (Wildman–Crippen MR) is 64.2 cm³/mol. The van der Waals surface area contributed by atoms with Gasteiger partial charge in [0.2, 0.25) is 0 Å². The van der Waals surface area contributed by atoms with Crippen LogP contribution in [0.15, 0.2) is 45.9 Å². The molecule has 1 heterocycles. The Kier molecular flexibility index (Phi) is 2.96. The third kappa shape index (κ3) is 2.43. The van der Waals surface area contributed by atoms with Gasteiger partial charge in [0.05, 0.1) is 16.7 Å². The van der Waals surface area contributed by atoms with Crippen LogP contribution < -0.4 is 0 Å². The van der Waals surface area contributed by atoms with Gasteiger partial charge in [-0.2, -0.15) is 0 Å². The molecule has 1 aromatic heterocycles. The maximum absolute atomic E-state index is 11.5. The van der Waals surface area contributed by atoms with Crippen LogP contribution in [-0.4, -0.2) is 25.7 Å². The van der Waals surface area contributed by atoms with E-state index in [1.54, 1.807) is 12.1 Å². The minimum atomic E-state index is -3.48. The summed E-state index contributed by atoms with van der Waals surface area (Å²) in [6.45, 7) is 0. The molecule has 0 unspecified atom stereocenters. The maximum Gasteiger partial charge on any atom is 0.335 e. The summed E-state index contributed by atoms with van der Waals surface area (Å²) in [5.74, 6) is -0.767. The highest BCUT2D eigenvalue weighted by Crippen LogP contribution is 2.25. The van der Waals surface area contributed by atoms with Crippen molar-refractivity contribution in [3.05, 3.63) is 42.2 Å². The van der Waals surface area contributed by atoms with Gasteiger partial charge in [-0.15, -0.1) is 0 Å². The lowest BCUT2D eigenvalue weighted by molar-refractivity contribution is 0.0696. The Morgan fingerprint density at radius 1 is 1.28 bits per heavy atom. The number of carboxylic acids is 1. The molecule has 0 aliphatic carbocycles. The second kappa shape index (κ2) is 4.30. The first-order valence-electron chi connectivity index (χ1n) is 5.00. The van der Waals surface area contributed by atoms with Crippen LogP contribution in [0, 0.1) is 0 Å². The molecule has 0 amide bonds. The first-order chi connectivity index (χ1) is 8.38. The van der Waals surface area contributed by atoms with Crippen molar-refractivity contribution >= 4 is 15.8 Å². The van der Waals surface area contributed by atoms with Crippen LogP contribution in [-0.2, 0) is 9.84 Å². The van der Waals surface area contributed by atoms with Gasteiger partial charge < -0.3 is 9.52 Å².